The molecule has 1 saturated heterocycles. The number of nitrogens with zero attached hydrogens (tertiary/aromatic N) is 4. The molecule has 230 valence electrons. The average Bonchev–Trinajstić information content (AvgIpc) is 3.31. The molecule has 0 spiro atoms. The fourth-order valence-electron chi connectivity index (χ4n) is 5.39. The predicted octanol–water partition coefficient (Wildman–Crippen LogP) is 7.09. The second kappa shape index (κ2) is 12.5. The third kappa shape index (κ3) is 5.94. The maximum Gasteiger partial charge on any atom is 0.362 e. The van der Waals surface area contributed by atoms with Gasteiger partial charge in [0.25, 0.3) is 11.5 Å². The lowest BCUT2D eigenvalue weighted by molar-refractivity contribution is 0.0684. The average molecular weight is 683 g/mol. The van der Waals surface area contributed by atoms with E-state index in [1.54, 1.807) is 17.0 Å². The Bertz CT molecular complexity index is 1740. The number of amides is 3. The molecule has 0 saturated carbocycles. The van der Waals surface area contributed by atoms with Gasteiger partial charge in [-0.2, -0.15) is 14.0 Å². The Morgan fingerprint density at radius 1 is 1.20 bits per heavy atom. The van der Waals surface area contributed by atoms with Crippen LogP contribution in [0.3, 0.4) is 0 Å². The smallest absolute Gasteiger partial charge is 0.362 e. The standard InChI is InChI=1S/C29H24Cl3F2N5O4S/c1-2-37-9-4-10-38(28(37)43)20-11-15-14-39(19(7-8-35)16(15)12-21(20)40)27(42)24-22(13-23(29(32,33)34)36-26(24)41)44-25-17(30)5-3-6-18(25)31/h3,5-6,11-13,19,40H,2,4,7,9-10,14H2,1H3,(H,36,41). The number of aromatic amines is 1. The number of hydrogen-bond donors (Lipinski definition) is 2. The van der Waals surface area contributed by atoms with Gasteiger partial charge in [-0.3, -0.25) is 14.5 Å². The molecule has 15 heteroatoms. The predicted molar refractivity (Wildman–Crippen MR) is 163 cm³/mol. The fourth-order valence-corrected chi connectivity index (χ4v) is 7.13. The molecule has 3 amide bonds. The number of phenols is 1. The molecule has 0 bridgehead atoms. The lowest BCUT2D eigenvalue weighted by Gasteiger charge is -2.35. The number of carbonyl (C=O) groups is 2. The number of anilines is 1. The highest BCUT2D eigenvalue weighted by atomic mass is 35.5. The number of rotatable bonds is 7. The topological polar surface area (TPSA) is 121 Å². The van der Waals surface area contributed by atoms with Crippen LogP contribution in [0.1, 0.15) is 53.0 Å². The second-order valence-corrected chi connectivity index (χ2v) is 12.5. The summed E-state index contributed by atoms with van der Waals surface area (Å²) in [4.78, 5) is 46.8. The van der Waals surface area contributed by atoms with Crippen LogP contribution in [-0.2, 0) is 11.9 Å². The van der Waals surface area contributed by atoms with Gasteiger partial charge in [0.1, 0.15) is 17.0 Å². The van der Waals surface area contributed by atoms with Crippen molar-refractivity contribution in [2.24, 2.45) is 0 Å². The third-order valence-corrected chi connectivity index (χ3v) is 9.73. The van der Waals surface area contributed by atoms with Gasteiger partial charge in [0.05, 0.1) is 34.3 Å². The van der Waals surface area contributed by atoms with Crippen molar-refractivity contribution in [1.82, 2.24) is 14.8 Å². The summed E-state index contributed by atoms with van der Waals surface area (Å²) in [6.45, 7) is 3.24. The van der Waals surface area contributed by atoms with Crippen LogP contribution in [0.25, 0.3) is 0 Å². The highest BCUT2D eigenvalue weighted by molar-refractivity contribution is 7.99. The molecule has 2 aliphatic rings. The minimum absolute atomic E-state index is 0.0862. The number of pyridine rings is 1. The van der Waals surface area contributed by atoms with Gasteiger partial charge in [-0.25, -0.2) is 4.79 Å². The first kappa shape index (κ1) is 31.9. The minimum Gasteiger partial charge on any atom is -0.506 e. The van der Waals surface area contributed by atoms with Crippen LogP contribution < -0.4 is 10.5 Å². The van der Waals surface area contributed by atoms with Gasteiger partial charge < -0.3 is 19.9 Å². The first-order valence-electron chi connectivity index (χ1n) is 13.4. The summed E-state index contributed by atoms with van der Waals surface area (Å²) in [5.41, 5.74) is -1.29. The van der Waals surface area contributed by atoms with Crippen molar-refractivity contribution in [2.45, 2.75) is 47.5 Å². The number of alkyl halides is 3. The largest absolute Gasteiger partial charge is 0.506 e. The summed E-state index contributed by atoms with van der Waals surface area (Å²) in [5.74, 6) is -1.06. The zero-order valence-corrected chi connectivity index (χ0v) is 26.1. The molecule has 1 aromatic heterocycles. The quantitative estimate of drug-likeness (QED) is 0.257. The molecule has 0 radical (unpaired) electrons. The van der Waals surface area contributed by atoms with E-state index in [0.717, 1.165) is 17.8 Å². The van der Waals surface area contributed by atoms with E-state index in [2.05, 4.69) is 0 Å². The molecule has 3 heterocycles. The van der Waals surface area contributed by atoms with Crippen molar-refractivity contribution in [1.29, 1.82) is 5.26 Å². The van der Waals surface area contributed by atoms with Crippen LogP contribution in [0, 0.1) is 11.3 Å². The summed E-state index contributed by atoms with van der Waals surface area (Å²) in [7, 11) is 0. The Morgan fingerprint density at radius 3 is 2.55 bits per heavy atom. The van der Waals surface area contributed by atoms with Crippen molar-refractivity contribution in [3.63, 3.8) is 0 Å². The van der Waals surface area contributed by atoms with Crippen molar-refractivity contribution in [2.75, 3.05) is 24.5 Å². The van der Waals surface area contributed by atoms with Crippen LogP contribution in [0.4, 0.5) is 19.3 Å². The highest BCUT2D eigenvalue weighted by Crippen LogP contribution is 2.45. The van der Waals surface area contributed by atoms with E-state index in [4.69, 9.17) is 34.8 Å². The first-order chi connectivity index (χ1) is 20.8. The number of fused-ring (bicyclic) bond motifs is 1. The number of urea groups is 1. The first-order valence-corrected chi connectivity index (χ1v) is 15.4. The van der Waals surface area contributed by atoms with E-state index < -0.39 is 34.1 Å². The van der Waals surface area contributed by atoms with Gasteiger partial charge in [-0.1, -0.05) is 41.0 Å². The summed E-state index contributed by atoms with van der Waals surface area (Å²) < 4.78 is 28.3. The number of aromatic nitrogens is 1. The zero-order valence-electron chi connectivity index (χ0n) is 23.0. The molecule has 2 N–H and O–H groups in total. The number of hydrogen-bond acceptors (Lipinski definition) is 6. The van der Waals surface area contributed by atoms with Crippen molar-refractivity contribution >= 4 is 64.2 Å². The Hall–Kier alpha value is -3.50. The van der Waals surface area contributed by atoms with Gasteiger partial charge in [0.15, 0.2) is 0 Å². The van der Waals surface area contributed by atoms with Gasteiger partial charge in [0, 0.05) is 36.0 Å². The Kier molecular flexibility index (Phi) is 9.05. The van der Waals surface area contributed by atoms with Crippen LogP contribution in [0.5, 0.6) is 5.75 Å². The van der Waals surface area contributed by atoms with Gasteiger partial charge >= 0.3 is 11.4 Å². The second-order valence-electron chi connectivity index (χ2n) is 10.1. The molecule has 1 unspecified atom stereocenters. The lowest BCUT2D eigenvalue weighted by atomic mass is 10.0. The zero-order chi connectivity index (χ0) is 31.9. The summed E-state index contributed by atoms with van der Waals surface area (Å²) in [5, 5.41) is 17.0. The molecular weight excluding hydrogens is 659 g/mol. The fraction of sp³-hybridized carbons (Fsp3) is 0.310. The number of benzene rings is 2. The third-order valence-electron chi connectivity index (χ3n) is 7.49. The molecule has 2 aromatic carbocycles. The number of H-pyrrole nitrogens is 1. The molecule has 0 aliphatic carbocycles. The molecular formula is C29H24Cl3F2N5O4S. The molecule has 9 nitrogen and oxygen atoms in total. The van der Waals surface area contributed by atoms with Gasteiger partial charge in [-0.05, 0) is 66.4 Å². The minimum atomic E-state index is -3.96. The SMILES string of the molecule is CCN1CCCN(c2cc3c(cc2O)C(CC#N)N(C(=O)c2c(Sc4c(Cl)cccc4Cl)cc(C(F)(F)Cl)[nH]c2=O)C3)C1=O. The number of carbonyl (C=O) groups excluding carboxylic acids is 2. The van der Waals surface area contributed by atoms with Gasteiger partial charge in [-0.15, -0.1) is 0 Å². The maximum atomic E-state index is 14.1. The summed E-state index contributed by atoms with van der Waals surface area (Å²) >= 11 is 18.6. The van der Waals surface area contributed by atoms with Crippen LogP contribution >= 0.6 is 46.6 Å². The normalized spacial score (nSPS) is 16.7. The maximum absolute atomic E-state index is 14.1. The van der Waals surface area contributed by atoms with Crippen molar-refractivity contribution in [3.8, 4) is 11.8 Å². The van der Waals surface area contributed by atoms with E-state index in [1.807, 2.05) is 18.0 Å². The molecule has 2 aliphatic heterocycles. The number of halogens is 5. The number of phenolic OH excluding ortho intramolecular Hbond substituents is 1. The Labute approximate surface area is 269 Å². The monoisotopic (exact) mass is 681 g/mol. The highest BCUT2D eigenvalue weighted by Gasteiger charge is 2.39. The van der Waals surface area contributed by atoms with Gasteiger partial charge in [0.2, 0.25) is 0 Å². The Morgan fingerprint density at radius 2 is 1.91 bits per heavy atom. The van der Waals surface area contributed by atoms with E-state index in [9.17, 15) is 33.5 Å². The molecule has 5 rings (SSSR count). The summed E-state index contributed by atoms with van der Waals surface area (Å²) in [6, 6.07) is 9.37. The van der Waals surface area contributed by atoms with Crippen LogP contribution in [-0.4, -0.2) is 51.5 Å². The number of nitriles is 1. The van der Waals surface area contributed by atoms with Crippen LogP contribution in [0.15, 0.2) is 51.0 Å². The Balaban J connectivity index is 1.58. The molecule has 44 heavy (non-hydrogen) atoms. The van der Waals surface area contributed by atoms with E-state index in [0.29, 0.717) is 37.2 Å². The number of aromatic hydroxyl groups is 1. The lowest BCUT2D eigenvalue weighted by Crippen LogP contribution is -2.49. The molecule has 1 fully saturated rings. The van der Waals surface area contributed by atoms with E-state index in [1.165, 1.54) is 28.0 Å². The van der Waals surface area contributed by atoms with Crippen molar-refractivity contribution in [3.05, 3.63) is 79.2 Å². The molecule has 1 atom stereocenters. The van der Waals surface area contributed by atoms with Crippen LogP contribution in [0.2, 0.25) is 10.0 Å². The van der Waals surface area contributed by atoms with Crippen molar-refractivity contribution < 1.29 is 23.5 Å². The number of nitrogens with one attached hydrogen (secondary N) is 1. The van der Waals surface area contributed by atoms with E-state index in [-0.39, 0.29) is 50.3 Å². The summed E-state index contributed by atoms with van der Waals surface area (Å²) in [6.07, 6.45) is 0.492. The molecule has 3 aromatic rings. The van der Waals surface area contributed by atoms with E-state index >= 15 is 0 Å².